The minimum absolute atomic E-state index is 0.0353. The Morgan fingerprint density at radius 1 is 1.11 bits per heavy atom. The van der Waals surface area contributed by atoms with Crippen LogP contribution in [0.4, 0.5) is 4.79 Å². The van der Waals surface area contributed by atoms with Crippen molar-refractivity contribution in [3.8, 4) is 0 Å². The Balaban J connectivity index is 1.53. The number of carbonyl (C=O) groups excluding carboxylic acids is 2. The first-order valence-corrected chi connectivity index (χ1v) is 10.3. The number of amides is 2. The molecule has 2 amide bonds. The van der Waals surface area contributed by atoms with Gasteiger partial charge in [-0.05, 0) is 64.2 Å². The molecule has 0 radical (unpaired) electrons. The van der Waals surface area contributed by atoms with Crippen molar-refractivity contribution >= 4 is 23.6 Å². The molecule has 0 bridgehead atoms. The lowest BCUT2D eigenvalue weighted by atomic mass is 9.85. The Morgan fingerprint density at radius 2 is 1.75 bits per heavy atom. The molecule has 3 rings (SSSR count). The van der Waals surface area contributed by atoms with Crippen LogP contribution in [0, 0.1) is 5.92 Å². The highest BCUT2D eigenvalue weighted by molar-refractivity contribution is 6.30. The lowest BCUT2D eigenvalue weighted by Gasteiger charge is -2.32. The summed E-state index contributed by atoms with van der Waals surface area (Å²) in [5.41, 5.74) is 0.525. The molecule has 1 atom stereocenters. The molecule has 154 valence electrons. The van der Waals surface area contributed by atoms with Gasteiger partial charge in [-0.15, -0.1) is 0 Å². The molecule has 1 aliphatic heterocycles. The third-order valence-corrected chi connectivity index (χ3v) is 5.43. The predicted octanol–water partition coefficient (Wildman–Crippen LogP) is 4.63. The van der Waals surface area contributed by atoms with Crippen molar-refractivity contribution in [2.75, 3.05) is 6.61 Å². The van der Waals surface area contributed by atoms with E-state index in [-0.39, 0.29) is 23.9 Å². The molecule has 0 spiro atoms. The minimum atomic E-state index is -0.513. The molecule has 1 saturated carbocycles. The highest BCUT2D eigenvalue weighted by Gasteiger charge is 2.37. The number of nitrogens with one attached hydrogen (secondary N) is 1. The summed E-state index contributed by atoms with van der Waals surface area (Å²) in [7, 11) is 0. The van der Waals surface area contributed by atoms with Crippen molar-refractivity contribution in [1.29, 1.82) is 0 Å². The molecule has 1 aromatic rings. The molecule has 0 unspecified atom stereocenters. The molecule has 1 N–H and O–H groups in total. The van der Waals surface area contributed by atoms with Gasteiger partial charge in [-0.25, -0.2) is 9.86 Å². The summed E-state index contributed by atoms with van der Waals surface area (Å²) in [4.78, 5) is 30.6. The van der Waals surface area contributed by atoms with Gasteiger partial charge in [0.15, 0.2) is 0 Å². The van der Waals surface area contributed by atoms with E-state index in [0.717, 1.165) is 37.7 Å². The molecular formula is C21H29ClN2O4. The second-order valence-electron chi connectivity index (χ2n) is 8.55. The largest absolute Gasteiger partial charge is 0.444 e. The molecule has 28 heavy (non-hydrogen) atoms. The van der Waals surface area contributed by atoms with Crippen molar-refractivity contribution in [3.63, 3.8) is 0 Å². The summed E-state index contributed by atoms with van der Waals surface area (Å²) in [5, 5.41) is 5.14. The van der Waals surface area contributed by atoms with Crippen LogP contribution in [0.1, 0.15) is 64.5 Å². The zero-order chi connectivity index (χ0) is 20.3. The molecule has 0 aromatic heterocycles. The second kappa shape index (κ2) is 8.70. The number of hydroxylamine groups is 2. The quantitative estimate of drug-likeness (QED) is 0.791. The van der Waals surface area contributed by atoms with Crippen molar-refractivity contribution < 1.29 is 19.2 Å². The SMILES string of the molecule is CC(C)(C)OC(=O)N[C@H]1CC[C@H](C(=O)N2OCC[C@H]2c2ccc(Cl)cc2)CC1. The van der Waals surface area contributed by atoms with Crippen LogP contribution in [0.2, 0.25) is 5.02 Å². The van der Waals surface area contributed by atoms with Gasteiger partial charge in [0.2, 0.25) is 5.91 Å². The van der Waals surface area contributed by atoms with E-state index in [4.69, 9.17) is 21.2 Å². The van der Waals surface area contributed by atoms with Crippen LogP contribution in [-0.4, -0.2) is 35.3 Å². The number of halogens is 1. The van der Waals surface area contributed by atoms with E-state index in [1.807, 2.05) is 45.0 Å². The minimum Gasteiger partial charge on any atom is -0.444 e. The van der Waals surface area contributed by atoms with Crippen LogP contribution in [0.25, 0.3) is 0 Å². The highest BCUT2D eigenvalue weighted by atomic mass is 35.5. The van der Waals surface area contributed by atoms with Crippen molar-refractivity contribution in [2.24, 2.45) is 5.92 Å². The number of ether oxygens (including phenoxy) is 1. The topological polar surface area (TPSA) is 67.9 Å². The van der Waals surface area contributed by atoms with Crippen molar-refractivity contribution in [1.82, 2.24) is 10.4 Å². The average molecular weight is 409 g/mol. The van der Waals surface area contributed by atoms with E-state index in [1.54, 1.807) is 5.06 Å². The first kappa shape index (κ1) is 20.9. The smallest absolute Gasteiger partial charge is 0.407 e. The number of carbonyl (C=O) groups is 2. The standard InChI is InChI=1S/C21H29ClN2O4/c1-21(2,3)28-20(26)23-17-10-6-15(7-11-17)19(25)24-18(12-13-27-24)14-4-8-16(22)9-5-14/h4-5,8-9,15,17-18H,6-7,10-13H2,1-3H3,(H,23,26)/t15-,17-,18-/m0/s1. The van der Waals surface area contributed by atoms with Crippen molar-refractivity contribution in [2.45, 2.75) is 70.6 Å². The van der Waals surface area contributed by atoms with Gasteiger partial charge in [0.25, 0.3) is 0 Å². The highest BCUT2D eigenvalue weighted by Crippen LogP contribution is 2.35. The Kier molecular flexibility index (Phi) is 6.50. The van der Waals surface area contributed by atoms with E-state index in [1.165, 1.54) is 0 Å². The van der Waals surface area contributed by atoms with Crippen LogP contribution in [-0.2, 0) is 14.4 Å². The number of rotatable bonds is 3. The maximum absolute atomic E-state index is 13.0. The Labute approximate surface area is 171 Å². The summed E-state index contributed by atoms with van der Waals surface area (Å²) < 4.78 is 5.31. The fraction of sp³-hybridized carbons (Fsp3) is 0.619. The number of alkyl carbamates (subject to hydrolysis) is 1. The van der Waals surface area contributed by atoms with Gasteiger partial charge in [-0.1, -0.05) is 23.7 Å². The van der Waals surface area contributed by atoms with Gasteiger partial charge < -0.3 is 10.1 Å². The zero-order valence-electron chi connectivity index (χ0n) is 16.7. The lowest BCUT2D eigenvalue weighted by Crippen LogP contribution is -2.43. The average Bonchev–Trinajstić information content (AvgIpc) is 3.10. The van der Waals surface area contributed by atoms with Crippen LogP contribution in [0.3, 0.4) is 0 Å². The predicted molar refractivity (Wildman–Crippen MR) is 107 cm³/mol. The maximum Gasteiger partial charge on any atom is 0.407 e. The molecular weight excluding hydrogens is 380 g/mol. The van der Waals surface area contributed by atoms with Gasteiger partial charge in [0.1, 0.15) is 5.60 Å². The van der Waals surface area contributed by atoms with Crippen LogP contribution in [0.5, 0.6) is 0 Å². The van der Waals surface area contributed by atoms with Gasteiger partial charge in [-0.3, -0.25) is 9.63 Å². The maximum atomic E-state index is 13.0. The summed E-state index contributed by atoms with van der Waals surface area (Å²) in [6, 6.07) is 7.55. The zero-order valence-corrected chi connectivity index (χ0v) is 17.5. The normalized spacial score (nSPS) is 25.4. The summed E-state index contributed by atoms with van der Waals surface area (Å²) >= 11 is 5.97. The number of hydrogen-bond donors (Lipinski definition) is 1. The molecule has 7 heteroatoms. The van der Waals surface area contributed by atoms with E-state index >= 15 is 0 Å². The second-order valence-corrected chi connectivity index (χ2v) is 8.98. The first-order valence-electron chi connectivity index (χ1n) is 9.94. The first-order chi connectivity index (χ1) is 13.2. The Hall–Kier alpha value is -1.79. The van der Waals surface area contributed by atoms with Crippen LogP contribution in [0.15, 0.2) is 24.3 Å². The third kappa shape index (κ3) is 5.39. The molecule has 1 saturated heterocycles. The lowest BCUT2D eigenvalue weighted by molar-refractivity contribution is -0.183. The molecule has 2 fully saturated rings. The third-order valence-electron chi connectivity index (χ3n) is 5.17. The fourth-order valence-electron chi connectivity index (χ4n) is 3.81. The Morgan fingerprint density at radius 3 is 2.36 bits per heavy atom. The number of benzene rings is 1. The Bertz CT molecular complexity index is 693. The number of nitrogens with zero attached hydrogens (tertiary/aromatic N) is 1. The molecule has 6 nitrogen and oxygen atoms in total. The van der Waals surface area contributed by atoms with Crippen LogP contribution >= 0.6 is 11.6 Å². The monoisotopic (exact) mass is 408 g/mol. The fourth-order valence-corrected chi connectivity index (χ4v) is 3.94. The van der Waals surface area contributed by atoms with Gasteiger partial charge >= 0.3 is 6.09 Å². The van der Waals surface area contributed by atoms with E-state index in [9.17, 15) is 9.59 Å². The number of hydrogen-bond acceptors (Lipinski definition) is 4. The van der Waals surface area contributed by atoms with Gasteiger partial charge in [-0.2, -0.15) is 0 Å². The molecule has 2 aliphatic rings. The summed E-state index contributed by atoms with van der Waals surface area (Å²) in [6.07, 6.45) is 3.36. The molecule has 1 aromatic carbocycles. The van der Waals surface area contributed by atoms with Crippen molar-refractivity contribution in [3.05, 3.63) is 34.9 Å². The van der Waals surface area contributed by atoms with E-state index < -0.39 is 11.7 Å². The van der Waals surface area contributed by atoms with Crippen LogP contribution < -0.4 is 5.32 Å². The van der Waals surface area contributed by atoms with E-state index in [2.05, 4.69) is 5.32 Å². The molecule has 1 aliphatic carbocycles. The molecule has 1 heterocycles. The van der Waals surface area contributed by atoms with Gasteiger partial charge in [0.05, 0.1) is 12.6 Å². The van der Waals surface area contributed by atoms with E-state index in [0.29, 0.717) is 11.6 Å². The summed E-state index contributed by atoms with van der Waals surface area (Å²) in [5.74, 6) is -0.0437. The van der Waals surface area contributed by atoms with Gasteiger partial charge in [0, 0.05) is 23.4 Å². The summed E-state index contributed by atoms with van der Waals surface area (Å²) in [6.45, 7) is 6.06.